The number of nitrogens with zero attached hydrogens (tertiary/aromatic N) is 2. The van der Waals surface area contributed by atoms with Crippen LogP contribution in [0.3, 0.4) is 0 Å². The number of aliphatic hydroxyl groups excluding tert-OH is 1. The molecule has 2 heterocycles. The van der Waals surface area contributed by atoms with Crippen molar-refractivity contribution in [2.24, 2.45) is 0 Å². The number of thiazole rings is 1. The van der Waals surface area contributed by atoms with Crippen LogP contribution in [0, 0.1) is 5.82 Å². The van der Waals surface area contributed by atoms with E-state index < -0.39 is 23.5 Å². The highest BCUT2D eigenvalue weighted by Gasteiger charge is 2.47. The van der Waals surface area contributed by atoms with Gasteiger partial charge in [-0.05, 0) is 42.0 Å². The molecule has 6 nitrogen and oxygen atoms in total. The lowest BCUT2D eigenvalue weighted by Gasteiger charge is -2.23. The lowest BCUT2D eigenvalue weighted by Crippen LogP contribution is -2.29. The van der Waals surface area contributed by atoms with E-state index >= 15 is 0 Å². The summed E-state index contributed by atoms with van der Waals surface area (Å²) in [4.78, 5) is 31.1. The summed E-state index contributed by atoms with van der Waals surface area (Å²) >= 11 is 1.21. The van der Waals surface area contributed by atoms with Crippen molar-refractivity contribution in [3.8, 4) is 5.75 Å². The maximum absolute atomic E-state index is 13.3. The molecule has 0 aliphatic carbocycles. The number of Topliss-reactive ketones (excluding diaryl/α,β-unsaturated/α-hetero) is 1. The quantitative estimate of drug-likeness (QED) is 0.401. The van der Waals surface area contributed by atoms with Crippen molar-refractivity contribution in [2.75, 3.05) is 12.0 Å². The first-order valence-corrected chi connectivity index (χ1v) is 9.49. The molecule has 0 spiro atoms. The molecule has 1 amide bonds. The summed E-state index contributed by atoms with van der Waals surface area (Å²) in [5.74, 6) is -1.86. The number of rotatable bonds is 4. The number of aromatic nitrogens is 1. The smallest absolute Gasteiger partial charge is 0.301 e. The highest BCUT2D eigenvalue weighted by molar-refractivity contribution is 7.14. The molecule has 1 aliphatic rings. The number of anilines is 1. The molecule has 2 aromatic carbocycles. The summed E-state index contributed by atoms with van der Waals surface area (Å²) in [5, 5.41) is 12.9. The molecule has 1 aromatic heterocycles. The Bertz CT molecular complexity index is 1090. The SMILES string of the molecule is COc1ccc(C2/C(=C(\O)c3ccc(F)cc3)C(=O)C(=O)N2c2nccs2)cc1. The minimum atomic E-state index is -0.878. The van der Waals surface area contributed by atoms with E-state index in [-0.39, 0.29) is 16.9 Å². The number of ketones is 1. The van der Waals surface area contributed by atoms with E-state index in [0.717, 1.165) is 0 Å². The van der Waals surface area contributed by atoms with Gasteiger partial charge in [0.25, 0.3) is 5.78 Å². The van der Waals surface area contributed by atoms with Gasteiger partial charge in [0, 0.05) is 17.1 Å². The summed E-state index contributed by atoms with van der Waals surface area (Å²) in [7, 11) is 1.53. The predicted molar refractivity (Wildman–Crippen MR) is 106 cm³/mol. The number of hydrogen-bond donors (Lipinski definition) is 1. The van der Waals surface area contributed by atoms with Crippen molar-refractivity contribution in [1.82, 2.24) is 4.98 Å². The zero-order valence-corrected chi connectivity index (χ0v) is 16.0. The van der Waals surface area contributed by atoms with Crippen LogP contribution >= 0.6 is 11.3 Å². The topological polar surface area (TPSA) is 79.7 Å². The molecule has 8 heteroatoms. The third kappa shape index (κ3) is 3.27. The van der Waals surface area contributed by atoms with Gasteiger partial charge >= 0.3 is 5.91 Å². The van der Waals surface area contributed by atoms with Crippen molar-refractivity contribution in [1.29, 1.82) is 0 Å². The van der Waals surface area contributed by atoms with Crippen LogP contribution in [0.2, 0.25) is 0 Å². The first-order valence-electron chi connectivity index (χ1n) is 8.61. The maximum Gasteiger partial charge on any atom is 0.301 e. The molecule has 0 saturated carbocycles. The van der Waals surface area contributed by atoms with Crippen LogP contribution in [0.15, 0.2) is 65.7 Å². The molecular weight excluding hydrogens is 395 g/mol. The number of carbonyl (C=O) groups excluding carboxylic acids is 2. The lowest BCUT2D eigenvalue weighted by atomic mass is 9.95. The number of methoxy groups -OCH3 is 1. The number of carbonyl (C=O) groups is 2. The Hall–Kier alpha value is -3.52. The van der Waals surface area contributed by atoms with Crippen molar-refractivity contribution in [3.63, 3.8) is 0 Å². The first-order chi connectivity index (χ1) is 14.0. The summed E-state index contributed by atoms with van der Waals surface area (Å²) < 4.78 is 18.5. The van der Waals surface area contributed by atoms with Gasteiger partial charge in [-0.2, -0.15) is 0 Å². The summed E-state index contributed by atoms with van der Waals surface area (Å²) in [6, 6.07) is 11.0. The van der Waals surface area contributed by atoms with Gasteiger partial charge in [-0.25, -0.2) is 9.37 Å². The largest absolute Gasteiger partial charge is 0.507 e. The fraction of sp³-hybridized carbons (Fsp3) is 0.0952. The van der Waals surface area contributed by atoms with Crippen LogP contribution in [-0.2, 0) is 9.59 Å². The normalized spacial score (nSPS) is 18.3. The van der Waals surface area contributed by atoms with Crippen LogP contribution in [0.5, 0.6) is 5.75 Å². The Morgan fingerprint density at radius 2 is 1.83 bits per heavy atom. The van der Waals surface area contributed by atoms with E-state index in [2.05, 4.69) is 4.98 Å². The van der Waals surface area contributed by atoms with Gasteiger partial charge in [-0.1, -0.05) is 12.1 Å². The van der Waals surface area contributed by atoms with Gasteiger partial charge in [0.15, 0.2) is 5.13 Å². The predicted octanol–water partition coefficient (Wildman–Crippen LogP) is 3.92. The maximum atomic E-state index is 13.3. The molecular formula is C21H15FN2O4S. The van der Waals surface area contributed by atoms with E-state index in [0.29, 0.717) is 16.4 Å². The zero-order chi connectivity index (χ0) is 20.5. The third-order valence-corrected chi connectivity index (χ3v) is 5.39. The second-order valence-electron chi connectivity index (χ2n) is 6.26. The van der Waals surface area contributed by atoms with Gasteiger partial charge in [0.2, 0.25) is 0 Å². The summed E-state index contributed by atoms with van der Waals surface area (Å²) in [6.45, 7) is 0. The molecule has 146 valence electrons. The Morgan fingerprint density at radius 1 is 1.14 bits per heavy atom. The molecule has 3 aromatic rings. The number of amides is 1. The molecule has 1 unspecified atom stereocenters. The highest BCUT2D eigenvalue weighted by Crippen LogP contribution is 2.42. The molecule has 1 aliphatic heterocycles. The Balaban J connectivity index is 1.91. The summed E-state index contributed by atoms with van der Waals surface area (Å²) in [6.07, 6.45) is 1.53. The minimum absolute atomic E-state index is 0.0815. The van der Waals surface area contributed by atoms with Crippen LogP contribution < -0.4 is 9.64 Å². The lowest BCUT2D eigenvalue weighted by molar-refractivity contribution is -0.132. The van der Waals surface area contributed by atoms with Gasteiger partial charge in [0.1, 0.15) is 17.3 Å². The molecule has 1 fully saturated rings. The number of aliphatic hydroxyl groups is 1. The fourth-order valence-electron chi connectivity index (χ4n) is 3.23. The number of halogens is 1. The molecule has 4 rings (SSSR count). The van der Waals surface area contributed by atoms with Crippen molar-refractivity contribution in [2.45, 2.75) is 6.04 Å². The second-order valence-corrected chi connectivity index (χ2v) is 7.14. The van der Waals surface area contributed by atoms with Gasteiger partial charge in [-0.15, -0.1) is 11.3 Å². The van der Waals surface area contributed by atoms with Crippen LogP contribution in [0.25, 0.3) is 5.76 Å². The third-order valence-electron chi connectivity index (χ3n) is 4.62. The summed E-state index contributed by atoms with van der Waals surface area (Å²) in [5.41, 5.74) is 0.757. The average Bonchev–Trinajstić information content (AvgIpc) is 3.35. The fourth-order valence-corrected chi connectivity index (χ4v) is 3.90. The van der Waals surface area contributed by atoms with Crippen LogP contribution in [0.1, 0.15) is 17.2 Å². The molecule has 0 bridgehead atoms. The molecule has 1 N–H and O–H groups in total. The highest BCUT2D eigenvalue weighted by atomic mass is 32.1. The van der Waals surface area contributed by atoms with E-state index in [1.165, 1.54) is 53.8 Å². The second kappa shape index (κ2) is 7.48. The molecule has 29 heavy (non-hydrogen) atoms. The van der Waals surface area contributed by atoms with E-state index in [1.54, 1.807) is 29.6 Å². The standard InChI is InChI=1S/C21H15FN2O4S/c1-28-15-8-4-12(5-9-15)17-16(18(25)13-2-6-14(22)7-3-13)19(26)20(27)24(17)21-23-10-11-29-21/h2-11,17,25H,1H3/b18-16+. The van der Waals surface area contributed by atoms with Crippen LogP contribution in [-0.4, -0.2) is 28.9 Å². The Morgan fingerprint density at radius 3 is 2.41 bits per heavy atom. The van der Waals surface area contributed by atoms with Gasteiger partial charge in [0.05, 0.1) is 18.7 Å². The van der Waals surface area contributed by atoms with E-state index in [1.807, 2.05) is 0 Å². The zero-order valence-electron chi connectivity index (χ0n) is 15.2. The van der Waals surface area contributed by atoms with E-state index in [9.17, 15) is 19.1 Å². The monoisotopic (exact) mass is 410 g/mol. The molecule has 0 radical (unpaired) electrons. The number of benzene rings is 2. The van der Waals surface area contributed by atoms with Gasteiger partial charge in [-0.3, -0.25) is 14.5 Å². The van der Waals surface area contributed by atoms with Crippen molar-refractivity contribution >= 4 is 33.9 Å². The average molecular weight is 410 g/mol. The molecule has 1 saturated heterocycles. The Kier molecular flexibility index (Phi) is 4.85. The van der Waals surface area contributed by atoms with Crippen molar-refractivity contribution in [3.05, 3.63) is 82.6 Å². The Labute approximate surface area is 169 Å². The van der Waals surface area contributed by atoms with Crippen molar-refractivity contribution < 1.29 is 23.8 Å². The van der Waals surface area contributed by atoms with Gasteiger partial charge < -0.3 is 9.84 Å². The van der Waals surface area contributed by atoms with E-state index in [4.69, 9.17) is 4.74 Å². The molecule has 1 atom stereocenters. The minimum Gasteiger partial charge on any atom is -0.507 e. The number of hydrogen-bond acceptors (Lipinski definition) is 6. The van der Waals surface area contributed by atoms with Crippen LogP contribution in [0.4, 0.5) is 9.52 Å². The number of ether oxygens (including phenoxy) is 1. The first kappa shape index (κ1) is 18.8.